The topological polar surface area (TPSA) is 46.3 Å². The number of halogens is 1. The molecule has 1 aliphatic heterocycles. The lowest BCUT2D eigenvalue weighted by Crippen LogP contribution is -2.29. The van der Waals surface area contributed by atoms with Crippen molar-refractivity contribution in [1.29, 1.82) is 0 Å². The van der Waals surface area contributed by atoms with E-state index in [1.807, 2.05) is 0 Å². The smallest absolute Gasteiger partial charge is 0.256 e. The summed E-state index contributed by atoms with van der Waals surface area (Å²) in [4.78, 5) is 13.9. The van der Waals surface area contributed by atoms with Crippen LogP contribution in [0.1, 0.15) is 30.1 Å². The van der Waals surface area contributed by atoms with Crippen molar-refractivity contribution in [2.24, 2.45) is 5.92 Å². The first-order valence-corrected chi connectivity index (χ1v) is 5.96. The lowest BCUT2D eigenvalue weighted by molar-refractivity contribution is 0.0787. The van der Waals surface area contributed by atoms with Crippen molar-refractivity contribution < 1.29 is 9.18 Å². The van der Waals surface area contributed by atoms with Crippen LogP contribution in [0, 0.1) is 11.7 Å². The quantitative estimate of drug-likeness (QED) is 0.801. The third-order valence-electron chi connectivity index (χ3n) is 3.43. The number of nitrogens with two attached hydrogens (primary N) is 1. The summed E-state index contributed by atoms with van der Waals surface area (Å²) in [5, 5.41) is 0. The third kappa shape index (κ3) is 2.25. The van der Waals surface area contributed by atoms with Crippen LogP contribution in [0.3, 0.4) is 0 Å². The van der Waals surface area contributed by atoms with E-state index in [1.54, 1.807) is 11.0 Å². The highest BCUT2D eigenvalue weighted by atomic mass is 19.1. The summed E-state index contributed by atoms with van der Waals surface area (Å²) in [6.45, 7) is 3.62. The molecule has 17 heavy (non-hydrogen) atoms. The number of para-hydroxylation sites is 1. The van der Waals surface area contributed by atoms with Crippen molar-refractivity contribution in [3.63, 3.8) is 0 Å². The molecule has 92 valence electrons. The molecule has 1 unspecified atom stereocenters. The van der Waals surface area contributed by atoms with Gasteiger partial charge in [0.2, 0.25) is 0 Å². The fourth-order valence-corrected chi connectivity index (χ4v) is 2.24. The average molecular weight is 236 g/mol. The molecule has 1 amide bonds. The number of benzene rings is 1. The maximum atomic E-state index is 13.3. The Morgan fingerprint density at radius 3 is 3.00 bits per heavy atom. The summed E-state index contributed by atoms with van der Waals surface area (Å²) in [6, 6.07) is 4.37. The Morgan fingerprint density at radius 2 is 2.35 bits per heavy atom. The second kappa shape index (κ2) is 4.73. The van der Waals surface area contributed by atoms with Gasteiger partial charge in [-0.2, -0.15) is 0 Å². The number of carbonyl (C=O) groups excluding carboxylic acids is 1. The van der Waals surface area contributed by atoms with E-state index < -0.39 is 5.82 Å². The maximum absolute atomic E-state index is 13.3. The van der Waals surface area contributed by atoms with Gasteiger partial charge >= 0.3 is 0 Å². The highest BCUT2D eigenvalue weighted by molar-refractivity contribution is 5.99. The predicted molar refractivity (Wildman–Crippen MR) is 65.1 cm³/mol. The van der Waals surface area contributed by atoms with Gasteiger partial charge in [0, 0.05) is 13.1 Å². The van der Waals surface area contributed by atoms with Gasteiger partial charge < -0.3 is 10.6 Å². The summed E-state index contributed by atoms with van der Waals surface area (Å²) in [5.41, 5.74) is 5.83. The van der Waals surface area contributed by atoms with Crippen molar-refractivity contribution in [3.8, 4) is 0 Å². The largest absolute Gasteiger partial charge is 0.396 e. The summed E-state index contributed by atoms with van der Waals surface area (Å²) in [6.07, 6.45) is 2.10. The van der Waals surface area contributed by atoms with Gasteiger partial charge in [0.15, 0.2) is 0 Å². The van der Waals surface area contributed by atoms with Crippen LogP contribution in [-0.2, 0) is 0 Å². The van der Waals surface area contributed by atoms with Crippen LogP contribution >= 0.6 is 0 Å². The van der Waals surface area contributed by atoms with Crippen molar-refractivity contribution in [2.45, 2.75) is 19.8 Å². The molecule has 1 saturated heterocycles. The van der Waals surface area contributed by atoms with Gasteiger partial charge in [-0.1, -0.05) is 19.4 Å². The van der Waals surface area contributed by atoms with Crippen molar-refractivity contribution >= 4 is 11.6 Å². The minimum atomic E-state index is -0.526. The number of nitrogen functional groups attached to an aromatic ring is 1. The third-order valence-corrected chi connectivity index (χ3v) is 3.43. The van der Waals surface area contributed by atoms with Crippen LogP contribution in [0.15, 0.2) is 18.2 Å². The molecule has 0 saturated carbocycles. The highest BCUT2D eigenvalue weighted by Crippen LogP contribution is 2.24. The SMILES string of the molecule is CCC1CCN(C(=O)c2cccc(F)c2N)C1. The van der Waals surface area contributed by atoms with Gasteiger partial charge in [-0.25, -0.2) is 4.39 Å². The normalized spacial score (nSPS) is 19.6. The molecule has 2 rings (SSSR count). The molecule has 1 fully saturated rings. The monoisotopic (exact) mass is 236 g/mol. The van der Waals surface area contributed by atoms with E-state index in [-0.39, 0.29) is 17.2 Å². The molecule has 1 heterocycles. The van der Waals surface area contributed by atoms with E-state index in [2.05, 4.69) is 6.92 Å². The lowest BCUT2D eigenvalue weighted by atomic mass is 10.1. The van der Waals surface area contributed by atoms with Gasteiger partial charge in [0.05, 0.1) is 11.3 Å². The first-order chi connectivity index (χ1) is 8.13. The minimum Gasteiger partial charge on any atom is -0.396 e. The predicted octanol–water partition coefficient (Wildman–Crippen LogP) is 2.28. The summed E-state index contributed by atoms with van der Waals surface area (Å²) >= 11 is 0. The van der Waals surface area contributed by atoms with Crippen molar-refractivity contribution in [2.75, 3.05) is 18.8 Å². The van der Waals surface area contributed by atoms with E-state index in [1.165, 1.54) is 12.1 Å². The standard InChI is InChI=1S/C13H17FN2O/c1-2-9-6-7-16(8-9)13(17)10-4-3-5-11(14)12(10)15/h3-5,9H,2,6-8,15H2,1H3. The van der Waals surface area contributed by atoms with E-state index in [0.29, 0.717) is 5.92 Å². The molecule has 0 aromatic heterocycles. The molecule has 1 aromatic carbocycles. The van der Waals surface area contributed by atoms with Gasteiger partial charge in [0.25, 0.3) is 5.91 Å². The molecule has 1 atom stereocenters. The van der Waals surface area contributed by atoms with Crippen molar-refractivity contribution in [3.05, 3.63) is 29.6 Å². The van der Waals surface area contributed by atoms with Gasteiger partial charge in [0.1, 0.15) is 5.82 Å². The zero-order valence-electron chi connectivity index (χ0n) is 9.95. The molecule has 3 nitrogen and oxygen atoms in total. The Hall–Kier alpha value is -1.58. The number of hydrogen-bond acceptors (Lipinski definition) is 2. The second-order valence-electron chi connectivity index (χ2n) is 4.52. The minimum absolute atomic E-state index is 0.0440. The Balaban J connectivity index is 2.18. The van der Waals surface area contributed by atoms with Gasteiger partial charge in [-0.15, -0.1) is 0 Å². The molecule has 0 bridgehead atoms. The van der Waals surface area contributed by atoms with Gasteiger partial charge in [-0.3, -0.25) is 4.79 Å². The van der Waals surface area contributed by atoms with E-state index in [4.69, 9.17) is 5.73 Å². The molecule has 2 N–H and O–H groups in total. The van der Waals surface area contributed by atoms with Crippen LogP contribution in [0.5, 0.6) is 0 Å². The Kier molecular flexibility index (Phi) is 3.31. The number of carbonyl (C=O) groups is 1. The Morgan fingerprint density at radius 1 is 1.59 bits per heavy atom. The molecule has 0 radical (unpaired) electrons. The summed E-state index contributed by atoms with van der Waals surface area (Å²) < 4.78 is 13.3. The first-order valence-electron chi connectivity index (χ1n) is 5.96. The van der Waals surface area contributed by atoms with E-state index >= 15 is 0 Å². The lowest BCUT2D eigenvalue weighted by Gasteiger charge is -2.17. The molecule has 0 aliphatic carbocycles. The summed E-state index contributed by atoms with van der Waals surface area (Å²) in [5.74, 6) is -0.117. The molecular formula is C13H17FN2O. The Labute approximate surface area is 100 Å². The van der Waals surface area contributed by atoms with E-state index in [9.17, 15) is 9.18 Å². The number of nitrogens with zero attached hydrogens (tertiary/aromatic N) is 1. The molecule has 1 aliphatic rings. The zero-order valence-corrected chi connectivity index (χ0v) is 9.95. The van der Waals surface area contributed by atoms with E-state index in [0.717, 1.165) is 25.9 Å². The molecule has 1 aromatic rings. The van der Waals surface area contributed by atoms with Crippen LogP contribution < -0.4 is 5.73 Å². The number of rotatable bonds is 2. The van der Waals surface area contributed by atoms with Gasteiger partial charge in [-0.05, 0) is 24.5 Å². The number of hydrogen-bond donors (Lipinski definition) is 1. The maximum Gasteiger partial charge on any atom is 0.256 e. The molecule has 0 spiro atoms. The number of amides is 1. The van der Waals surface area contributed by atoms with Crippen LogP contribution in [-0.4, -0.2) is 23.9 Å². The van der Waals surface area contributed by atoms with Crippen LogP contribution in [0.4, 0.5) is 10.1 Å². The zero-order chi connectivity index (χ0) is 12.4. The second-order valence-corrected chi connectivity index (χ2v) is 4.52. The van der Waals surface area contributed by atoms with Crippen LogP contribution in [0.25, 0.3) is 0 Å². The van der Waals surface area contributed by atoms with Crippen LogP contribution in [0.2, 0.25) is 0 Å². The molecule has 4 heteroatoms. The summed E-state index contributed by atoms with van der Waals surface area (Å²) in [7, 11) is 0. The highest BCUT2D eigenvalue weighted by Gasteiger charge is 2.27. The fourth-order valence-electron chi connectivity index (χ4n) is 2.24. The average Bonchev–Trinajstić information content (AvgIpc) is 2.80. The van der Waals surface area contributed by atoms with Crippen molar-refractivity contribution in [1.82, 2.24) is 4.90 Å². The Bertz CT molecular complexity index is 433. The molecular weight excluding hydrogens is 219 g/mol. The fraction of sp³-hybridized carbons (Fsp3) is 0.462. The number of anilines is 1. The first kappa shape index (κ1) is 11.9. The number of likely N-dealkylation sites (tertiary alicyclic amines) is 1.